The van der Waals surface area contributed by atoms with Crippen molar-refractivity contribution in [3.63, 3.8) is 0 Å². The molecule has 0 radical (unpaired) electrons. The van der Waals surface area contributed by atoms with Gasteiger partial charge in [0.05, 0.1) is 0 Å². The minimum Gasteiger partial charge on any atom is -0.242 e. The summed E-state index contributed by atoms with van der Waals surface area (Å²) in [5, 5.41) is 0. The first-order valence-electron chi connectivity index (χ1n) is 3.70. The average Bonchev–Trinajstić information content (AvgIpc) is 2.30. The smallest absolute Gasteiger partial charge is 0.130 e. The first-order valence-corrected chi connectivity index (χ1v) is 3.70. The second-order valence-electron chi connectivity index (χ2n) is 2.86. The largest absolute Gasteiger partial charge is 0.242 e. The van der Waals surface area contributed by atoms with Crippen molar-refractivity contribution in [1.82, 2.24) is 0 Å². The molecule has 0 saturated carbocycles. The second-order valence-corrected chi connectivity index (χ2v) is 2.86. The van der Waals surface area contributed by atoms with Crippen LogP contribution in [0.25, 0.3) is 5.57 Å². The van der Waals surface area contributed by atoms with E-state index < -0.39 is 6.17 Å². The van der Waals surface area contributed by atoms with Crippen molar-refractivity contribution in [3.8, 4) is 0 Å². The lowest BCUT2D eigenvalue weighted by atomic mass is 10.1. The number of alkyl halides is 1. The fourth-order valence-corrected chi connectivity index (χ4v) is 1.53. The van der Waals surface area contributed by atoms with Gasteiger partial charge in [0.1, 0.15) is 6.17 Å². The van der Waals surface area contributed by atoms with Gasteiger partial charge in [0.15, 0.2) is 0 Å². The lowest BCUT2D eigenvalue weighted by Gasteiger charge is -1.97. The predicted molar refractivity (Wildman–Crippen MR) is 43.9 cm³/mol. The molecule has 0 nitrogen and oxygen atoms in total. The zero-order chi connectivity index (χ0) is 7.84. The van der Waals surface area contributed by atoms with Crippen LogP contribution in [-0.4, -0.2) is 0 Å². The van der Waals surface area contributed by atoms with E-state index in [2.05, 4.69) is 6.58 Å². The number of rotatable bonds is 0. The van der Waals surface area contributed by atoms with Crippen molar-refractivity contribution in [2.45, 2.75) is 12.6 Å². The Morgan fingerprint density at radius 2 is 2.09 bits per heavy atom. The van der Waals surface area contributed by atoms with Gasteiger partial charge in [0, 0.05) is 6.42 Å². The summed E-state index contributed by atoms with van der Waals surface area (Å²) in [4.78, 5) is 0. The van der Waals surface area contributed by atoms with Crippen molar-refractivity contribution in [1.29, 1.82) is 0 Å². The van der Waals surface area contributed by atoms with E-state index in [4.69, 9.17) is 0 Å². The Morgan fingerprint density at radius 1 is 1.36 bits per heavy atom. The Labute approximate surface area is 65.4 Å². The molecule has 1 aromatic rings. The van der Waals surface area contributed by atoms with Crippen LogP contribution in [0.15, 0.2) is 30.8 Å². The zero-order valence-electron chi connectivity index (χ0n) is 6.18. The molecule has 1 unspecified atom stereocenters. The zero-order valence-corrected chi connectivity index (χ0v) is 6.18. The molecule has 0 fully saturated rings. The molecule has 0 amide bonds. The van der Waals surface area contributed by atoms with E-state index >= 15 is 0 Å². The predicted octanol–water partition coefficient (Wildman–Crippen LogP) is 3.11. The summed E-state index contributed by atoms with van der Waals surface area (Å²) in [5.74, 6) is 0. The van der Waals surface area contributed by atoms with Crippen molar-refractivity contribution in [3.05, 3.63) is 42.0 Å². The lowest BCUT2D eigenvalue weighted by Crippen LogP contribution is -1.81. The third-order valence-corrected chi connectivity index (χ3v) is 2.10. The van der Waals surface area contributed by atoms with Crippen LogP contribution >= 0.6 is 0 Å². The van der Waals surface area contributed by atoms with Gasteiger partial charge in [-0.05, 0) is 16.7 Å². The maximum absolute atomic E-state index is 13.1. The molecule has 0 spiro atoms. The van der Waals surface area contributed by atoms with Gasteiger partial charge in [-0.1, -0.05) is 30.8 Å². The molecule has 0 aromatic heterocycles. The summed E-state index contributed by atoms with van der Waals surface area (Å²) in [7, 11) is 0. The fraction of sp³-hybridized carbons (Fsp3) is 0.200. The maximum Gasteiger partial charge on any atom is 0.130 e. The van der Waals surface area contributed by atoms with Crippen LogP contribution in [0.1, 0.15) is 23.7 Å². The van der Waals surface area contributed by atoms with Crippen LogP contribution in [0.4, 0.5) is 4.39 Å². The summed E-state index contributed by atoms with van der Waals surface area (Å²) in [6.07, 6.45) is -0.349. The van der Waals surface area contributed by atoms with E-state index in [1.807, 2.05) is 24.3 Å². The van der Waals surface area contributed by atoms with Crippen LogP contribution in [0.3, 0.4) is 0 Å². The quantitative estimate of drug-likeness (QED) is 0.530. The third kappa shape index (κ3) is 0.881. The minimum absolute atomic E-state index is 0.472. The Bertz CT molecular complexity index is 301. The van der Waals surface area contributed by atoms with Crippen LogP contribution in [-0.2, 0) is 0 Å². The van der Waals surface area contributed by atoms with Gasteiger partial charge in [0.25, 0.3) is 0 Å². The number of allylic oxidation sites excluding steroid dienone is 1. The normalized spacial score (nSPS) is 21.9. The average molecular weight is 148 g/mol. The minimum atomic E-state index is -0.821. The number of fused-ring (bicyclic) bond motifs is 1. The lowest BCUT2D eigenvalue weighted by molar-refractivity contribution is 0.361. The van der Waals surface area contributed by atoms with Gasteiger partial charge in [-0.3, -0.25) is 0 Å². The van der Waals surface area contributed by atoms with Crippen LogP contribution < -0.4 is 0 Å². The molecule has 11 heavy (non-hydrogen) atoms. The summed E-state index contributed by atoms with van der Waals surface area (Å²) < 4.78 is 13.1. The highest BCUT2D eigenvalue weighted by atomic mass is 19.1. The molecule has 2 rings (SSSR count). The van der Waals surface area contributed by atoms with Crippen molar-refractivity contribution in [2.75, 3.05) is 0 Å². The molecular weight excluding hydrogens is 139 g/mol. The maximum atomic E-state index is 13.1. The molecule has 1 aliphatic rings. The Balaban J connectivity index is 2.60. The number of halogens is 1. The Kier molecular flexibility index (Phi) is 1.31. The highest BCUT2D eigenvalue weighted by Gasteiger charge is 2.23. The van der Waals surface area contributed by atoms with Gasteiger partial charge in [-0.15, -0.1) is 0 Å². The molecule has 1 aliphatic carbocycles. The molecule has 1 atom stereocenters. The highest BCUT2D eigenvalue weighted by molar-refractivity contribution is 5.71. The summed E-state index contributed by atoms with van der Waals surface area (Å²) >= 11 is 0. The van der Waals surface area contributed by atoms with Crippen LogP contribution in [0.2, 0.25) is 0 Å². The van der Waals surface area contributed by atoms with Crippen LogP contribution in [0.5, 0.6) is 0 Å². The number of hydrogen-bond acceptors (Lipinski definition) is 0. The Morgan fingerprint density at radius 3 is 2.82 bits per heavy atom. The topological polar surface area (TPSA) is 0 Å². The van der Waals surface area contributed by atoms with Crippen LogP contribution in [0, 0.1) is 0 Å². The molecule has 0 saturated heterocycles. The van der Waals surface area contributed by atoms with Crippen molar-refractivity contribution < 1.29 is 4.39 Å². The van der Waals surface area contributed by atoms with Crippen molar-refractivity contribution >= 4 is 5.57 Å². The number of benzene rings is 1. The van der Waals surface area contributed by atoms with Gasteiger partial charge in [-0.2, -0.15) is 0 Å². The summed E-state index contributed by atoms with van der Waals surface area (Å²) in [6, 6.07) is 7.54. The van der Waals surface area contributed by atoms with Crippen molar-refractivity contribution in [2.24, 2.45) is 0 Å². The van der Waals surface area contributed by atoms with E-state index in [1.165, 1.54) is 0 Å². The SMILES string of the molecule is C=C1CC(F)c2ccccc21. The molecule has 56 valence electrons. The molecule has 1 aromatic carbocycles. The highest BCUT2D eigenvalue weighted by Crippen LogP contribution is 2.40. The molecule has 0 heterocycles. The first-order chi connectivity index (χ1) is 5.29. The summed E-state index contributed by atoms with van der Waals surface area (Å²) in [6.45, 7) is 3.81. The van der Waals surface area contributed by atoms with Gasteiger partial charge in [0.2, 0.25) is 0 Å². The monoisotopic (exact) mass is 148 g/mol. The van der Waals surface area contributed by atoms with E-state index in [9.17, 15) is 4.39 Å². The standard InChI is InChI=1S/C10H9F/c1-7-6-10(11)9-5-3-2-4-8(7)9/h2-5,10H,1,6H2. The second kappa shape index (κ2) is 2.19. The first kappa shape index (κ1) is 6.59. The summed E-state index contributed by atoms with van der Waals surface area (Å²) in [5.41, 5.74) is 2.73. The molecule has 0 bridgehead atoms. The van der Waals surface area contributed by atoms with Gasteiger partial charge < -0.3 is 0 Å². The van der Waals surface area contributed by atoms with E-state index in [-0.39, 0.29) is 0 Å². The Hall–Kier alpha value is -1.11. The van der Waals surface area contributed by atoms with E-state index in [0.29, 0.717) is 6.42 Å². The third-order valence-electron chi connectivity index (χ3n) is 2.10. The van der Waals surface area contributed by atoms with Gasteiger partial charge >= 0.3 is 0 Å². The van der Waals surface area contributed by atoms with E-state index in [0.717, 1.165) is 16.7 Å². The molecular formula is C10H9F. The molecule has 0 aliphatic heterocycles. The van der Waals surface area contributed by atoms with Gasteiger partial charge in [-0.25, -0.2) is 4.39 Å². The van der Waals surface area contributed by atoms with E-state index in [1.54, 1.807) is 0 Å². The fourth-order valence-electron chi connectivity index (χ4n) is 1.53. The molecule has 0 N–H and O–H groups in total. The number of hydrogen-bond donors (Lipinski definition) is 0. The molecule has 1 heteroatoms.